The molecule has 1 N–H and O–H groups in total. The van der Waals surface area contributed by atoms with Gasteiger partial charge < -0.3 is 10.1 Å². The fourth-order valence-corrected chi connectivity index (χ4v) is 2.80. The van der Waals surface area contributed by atoms with Gasteiger partial charge in [-0.25, -0.2) is 0 Å². The Morgan fingerprint density at radius 1 is 1.17 bits per heavy atom. The minimum Gasteiger partial charge on any atom is -0.383 e. The quantitative estimate of drug-likeness (QED) is 0.859. The normalized spacial score (nSPS) is 25.9. The highest BCUT2D eigenvalue weighted by Gasteiger charge is 2.21. The first-order valence-corrected chi connectivity index (χ1v) is 7.09. The summed E-state index contributed by atoms with van der Waals surface area (Å²) in [6, 6.07) is 11.6. The fraction of sp³-hybridized carbons (Fsp3) is 0.625. The van der Waals surface area contributed by atoms with Gasteiger partial charge in [-0.15, -0.1) is 0 Å². The smallest absolute Gasteiger partial charge is 0.0657 e. The lowest BCUT2D eigenvalue weighted by molar-refractivity contribution is 0.153. The minimum absolute atomic E-state index is 0.328. The second-order valence-corrected chi connectivity index (χ2v) is 5.54. The summed E-state index contributed by atoms with van der Waals surface area (Å²) in [5, 5.41) is 3.77. The van der Waals surface area contributed by atoms with E-state index < -0.39 is 0 Å². The van der Waals surface area contributed by atoms with Crippen LogP contribution < -0.4 is 5.32 Å². The van der Waals surface area contributed by atoms with E-state index in [1.807, 2.05) is 0 Å². The number of benzene rings is 1. The molecule has 0 radical (unpaired) electrons. The molecule has 1 atom stereocenters. The van der Waals surface area contributed by atoms with Crippen LogP contribution in [0, 0.1) is 5.92 Å². The predicted octanol–water partition coefficient (Wildman–Crippen LogP) is 3.54. The average molecular weight is 247 g/mol. The van der Waals surface area contributed by atoms with E-state index in [0.717, 1.165) is 12.5 Å². The topological polar surface area (TPSA) is 21.3 Å². The van der Waals surface area contributed by atoms with Gasteiger partial charge in [0.1, 0.15) is 0 Å². The van der Waals surface area contributed by atoms with Gasteiger partial charge in [-0.3, -0.25) is 0 Å². The molecule has 18 heavy (non-hydrogen) atoms. The molecular formula is C16H25NO. The fourth-order valence-electron chi connectivity index (χ4n) is 2.80. The molecule has 1 aromatic rings. The third-order valence-corrected chi connectivity index (χ3v) is 3.99. The first-order valence-electron chi connectivity index (χ1n) is 7.09. The number of rotatable bonds is 5. The summed E-state index contributed by atoms with van der Waals surface area (Å²) >= 11 is 0. The van der Waals surface area contributed by atoms with Crippen molar-refractivity contribution in [2.75, 3.05) is 13.7 Å². The number of hydrogen-bond acceptors (Lipinski definition) is 2. The van der Waals surface area contributed by atoms with Crippen LogP contribution >= 0.6 is 0 Å². The van der Waals surface area contributed by atoms with Crippen LogP contribution in [0.15, 0.2) is 30.3 Å². The summed E-state index contributed by atoms with van der Waals surface area (Å²) in [7, 11) is 1.78. The Kier molecular flexibility index (Phi) is 5.21. The van der Waals surface area contributed by atoms with Crippen molar-refractivity contribution in [3.8, 4) is 0 Å². The first-order chi connectivity index (χ1) is 8.79. The number of hydrogen-bond donors (Lipinski definition) is 1. The van der Waals surface area contributed by atoms with Crippen LogP contribution in [0.25, 0.3) is 0 Å². The maximum Gasteiger partial charge on any atom is 0.0657 e. The summed E-state index contributed by atoms with van der Waals surface area (Å²) < 4.78 is 5.36. The molecule has 0 saturated heterocycles. The SMILES string of the molecule is COCC(NC1CCC(C)CC1)c1ccccc1. The lowest BCUT2D eigenvalue weighted by Crippen LogP contribution is -2.37. The average Bonchev–Trinajstić information content (AvgIpc) is 2.42. The Bertz CT molecular complexity index is 330. The zero-order valence-corrected chi connectivity index (χ0v) is 11.6. The molecule has 1 aliphatic carbocycles. The highest BCUT2D eigenvalue weighted by Crippen LogP contribution is 2.25. The molecule has 1 aromatic carbocycles. The molecule has 100 valence electrons. The zero-order chi connectivity index (χ0) is 12.8. The van der Waals surface area contributed by atoms with Gasteiger partial charge >= 0.3 is 0 Å². The number of ether oxygens (including phenoxy) is 1. The Hall–Kier alpha value is -0.860. The molecule has 0 aromatic heterocycles. The van der Waals surface area contributed by atoms with Crippen LogP contribution in [0.2, 0.25) is 0 Å². The van der Waals surface area contributed by atoms with Crippen LogP contribution in [0.1, 0.15) is 44.2 Å². The third kappa shape index (κ3) is 3.82. The zero-order valence-electron chi connectivity index (χ0n) is 11.6. The van der Waals surface area contributed by atoms with Gasteiger partial charge in [-0.1, -0.05) is 37.3 Å². The molecule has 0 heterocycles. The predicted molar refractivity (Wildman–Crippen MR) is 75.6 cm³/mol. The molecule has 2 heteroatoms. The summed E-state index contributed by atoms with van der Waals surface area (Å²) in [4.78, 5) is 0. The molecule has 1 unspecified atom stereocenters. The molecular weight excluding hydrogens is 222 g/mol. The molecule has 0 bridgehead atoms. The molecule has 1 saturated carbocycles. The van der Waals surface area contributed by atoms with Crippen molar-refractivity contribution in [2.24, 2.45) is 5.92 Å². The van der Waals surface area contributed by atoms with Crippen molar-refractivity contribution in [1.82, 2.24) is 5.32 Å². The standard InChI is InChI=1S/C16H25NO/c1-13-8-10-15(11-9-13)17-16(12-18-2)14-6-4-3-5-7-14/h3-7,13,15-17H,8-12H2,1-2H3. The van der Waals surface area contributed by atoms with Crippen molar-refractivity contribution in [2.45, 2.75) is 44.7 Å². The highest BCUT2D eigenvalue weighted by molar-refractivity contribution is 5.19. The van der Waals surface area contributed by atoms with Crippen molar-refractivity contribution < 1.29 is 4.74 Å². The molecule has 0 spiro atoms. The van der Waals surface area contributed by atoms with E-state index in [1.165, 1.54) is 31.2 Å². The lowest BCUT2D eigenvalue weighted by atomic mass is 9.87. The van der Waals surface area contributed by atoms with E-state index in [2.05, 4.69) is 42.6 Å². The van der Waals surface area contributed by atoms with Crippen molar-refractivity contribution in [3.05, 3.63) is 35.9 Å². The van der Waals surface area contributed by atoms with E-state index >= 15 is 0 Å². The van der Waals surface area contributed by atoms with E-state index in [0.29, 0.717) is 12.1 Å². The van der Waals surface area contributed by atoms with Gasteiger partial charge in [0.05, 0.1) is 12.6 Å². The van der Waals surface area contributed by atoms with E-state index in [4.69, 9.17) is 4.74 Å². The lowest BCUT2D eigenvalue weighted by Gasteiger charge is -2.31. The van der Waals surface area contributed by atoms with Crippen LogP contribution in [0.5, 0.6) is 0 Å². The van der Waals surface area contributed by atoms with Gasteiger partial charge in [-0.2, -0.15) is 0 Å². The Morgan fingerprint density at radius 2 is 1.83 bits per heavy atom. The maximum absolute atomic E-state index is 5.36. The molecule has 2 nitrogen and oxygen atoms in total. The van der Waals surface area contributed by atoms with E-state index in [9.17, 15) is 0 Å². The summed E-state index contributed by atoms with van der Waals surface area (Å²) in [6.45, 7) is 3.11. The van der Waals surface area contributed by atoms with Gasteiger partial charge in [-0.05, 0) is 37.2 Å². The van der Waals surface area contributed by atoms with E-state index in [1.54, 1.807) is 7.11 Å². The second-order valence-electron chi connectivity index (χ2n) is 5.54. The maximum atomic E-state index is 5.36. The van der Waals surface area contributed by atoms with E-state index in [-0.39, 0.29) is 0 Å². The van der Waals surface area contributed by atoms with Gasteiger partial charge in [0, 0.05) is 13.2 Å². The first kappa shape index (κ1) is 13.6. The van der Waals surface area contributed by atoms with Crippen molar-refractivity contribution in [3.63, 3.8) is 0 Å². The summed E-state index contributed by atoms with van der Waals surface area (Å²) in [6.07, 6.45) is 5.31. The summed E-state index contributed by atoms with van der Waals surface area (Å²) in [5.41, 5.74) is 1.33. The van der Waals surface area contributed by atoms with Crippen molar-refractivity contribution in [1.29, 1.82) is 0 Å². The minimum atomic E-state index is 0.328. The largest absolute Gasteiger partial charge is 0.383 e. The van der Waals surface area contributed by atoms with Crippen LogP contribution in [0.3, 0.4) is 0 Å². The molecule has 0 amide bonds. The highest BCUT2D eigenvalue weighted by atomic mass is 16.5. The van der Waals surface area contributed by atoms with Crippen LogP contribution in [0.4, 0.5) is 0 Å². The molecule has 1 aliphatic rings. The molecule has 0 aliphatic heterocycles. The van der Waals surface area contributed by atoms with Gasteiger partial charge in [0.25, 0.3) is 0 Å². The van der Waals surface area contributed by atoms with Gasteiger partial charge in [0.2, 0.25) is 0 Å². The second kappa shape index (κ2) is 6.91. The number of nitrogens with one attached hydrogen (secondary N) is 1. The Labute approximate surface area is 111 Å². The summed E-state index contributed by atoms with van der Waals surface area (Å²) in [5.74, 6) is 0.903. The van der Waals surface area contributed by atoms with Crippen molar-refractivity contribution >= 4 is 0 Å². The third-order valence-electron chi connectivity index (χ3n) is 3.99. The van der Waals surface area contributed by atoms with Crippen LogP contribution in [-0.4, -0.2) is 19.8 Å². The molecule has 2 rings (SSSR count). The molecule has 1 fully saturated rings. The number of methoxy groups -OCH3 is 1. The Morgan fingerprint density at radius 3 is 2.44 bits per heavy atom. The van der Waals surface area contributed by atoms with Crippen LogP contribution in [-0.2, 0) is 4.74 Å². The monoisotopic (exact) mass is 247 g/mol. The van der Waals surface area contributed by atoms with Gasteiger partial charge in [0.15, 0.2) is 0 Å². The Balaban J connectivity index is 1.94.